The topological polar surface area (TPSA) is 64.3 Å². The zero-order valence-corrected chi connectivity index (χ0v) is 9.66. The van der Waals surface area contributed by atoms with Crippen molar-refractivity contribution in [3.05, 3.63) is 23.8 Å². The van der Waals surface area contributed by atoms with E-state index in [1.165, 1.54) is 12.1 Å². The summed E-state index contributed by atoms with van der Waals surface area (Å²) in [6, 6.07) is 4.77. The zero-order chi connectivity index (χ0) is 13.1. The van der Waals surface area contributed by atoms with Crippen LogP contribution in [0.1, 0.15) is 24.3 Å². The summed E-state index contributed by atoms with van der Waals surface area (Å²) in [5.41, 5.74) is 6.52. The van der Waals surface area contributed by atoms with E-state index in [0.29, 0.717) is 13.0 Å². The highest BCUT2D eigenvalue weighted by Gasteiger charge is 2.21. The van der Waals surface area contributed by atoms with E-state index >= 15 is 0 Å². The second-order valence-corrected chi connectivity index (χ2v) is 4.22. The van der Waals surface area contributed by atoms with Gasteiger partial charge in [0.05, 0.1) is 5.69 Å². The fraction of sp³-hybridized carbons (Fsp3) is 0.417. The van der Waals surface area contributed by atoms with E-state index in [1.807, 2.05) is 0 Å². The van der Waals surface area contributed by atoms with Gasteiger partial charge in [-0.25, -0.2) is 0 Å². The molecule has 0 spiro atoms. The molecule has 1 heterocycles. The number of nitrogen functional groups attached to an aromatic ring is 1. The average Bonchev–Trinajstić information content (AvgIpc) is 2.31. The monoisotopic (exact) mass is 256 g/mol. The Bertz CT molecular complexity index is 452. The molecule has 0 saturated carbocycles. The van der Waals surface area contributed by atoms with Gasteiger partial charge in [0.2, 0.25) is 5.91 Å². The number of piperidine rings is 1. The maximum absolute atomic E-state index is 12.2. The van der Waals surface area contributed by atoms with Crippen LogP contribution in [0.4, 0.5) is 14.5 Å². The summed E-state index contributed by atoms with van der Waals surface area (Å²) in [5, 5.41) is 2.73. The molecule has 98 valence electrons. The highest BCUT2D eigenvalue weighted by Crippen LogP contribution is 2.32. The van der Waals surface area contributed by atoms with Crippen LogP contribution < -0.4 is 15.8 Å². The van der Waals surface area contributed by atoms with E-state index in [-0.39, 0.29) is 23.3 Å². The molecule has 0 radical (unpaired) electrons. The molecule has 1 aromatic rings. The maximum atomic E-state index is 12.2. The first-order chi connectivity index (χ1) is 8.56. The van der Waals surface area contributed by atoms with Gasteiger partial charge in [-0.15, -0.1) is 0 Å². The molecule has 6 heteroatoms. The Balaban J connectivity index is 2.20. The largest absolute Gasteiger partial charge is 0.433 e. The summed E-state index contributed by atoms with van der Waals surface area (Å²) in [4.78, 5) is 11.3. The second kappa shape index (κ2) is 5.20. The lowest BCUT2D eigenvalue weighted by Crippen LogP contribution is -2.32. The van der Waals surface area contributed by atoms with E-state index < -0.39 is 6.61 Å². The number of nitrogens with two attached hydrogens (primary N) is 1. The Labute approximate surface area is 103 Å². The summed E-state index contributed by atoms with van der Waals surface area (Å²) in [6.07, 6.45) is 1.14. The van der Waals surface area contributed by atoms with Crippen LogP contribution in [-0.4, -0.2) is 19.1 Å². The number of ether oxygens (including phenoxy) is 1. The molecule has 1 amide bonds. The first-order valence-corrected chi connectivity index (χ1v) is 5.67. The molecular formula is C12H14F2N2O2. The number of carbonyl (C=O) groups excluding carboxylic acids is 1. The van der Waals surface area contributed by atoms with Crippen molar-refractivity contribution in [2.45, 2.75) is 25.4 Å². The molecule has 1 unspecified atom stereocenters. The van der Waals surface area contributed by atoms with Crippen LogP contribution in [0.3, 0.4) is 0 Å². The molecule has 1 aromatic carbocycles. The molecule has 1 fully saturated rings. The van der Waals surface area contributed by atoms with Gasteiger partial charge in [-0.2, -0.15) is 8.78 Å². The number of nitrogens with one attached hydrogen (secondary N) is 1. The van der Waals surface area contributed by atoms with Gasteiger partial charge in [0.25, 0.3) is 0 Å². The Hall–Kier alpha value is -1.85. The third-order valence-corrected chi connectivity index (χ3v) is 2.97. The summed E-state index contributed by atoms with van der Waals surface area (Å²) in [7, 11) is 0. The molecule has 1 atom stereocenters. The van der Waals surface area contributed by atoms with Crippen LogP contribution in [0.5, 0.6) is 5.75 Å². The number of hydrogen-bond donors (Lipinski definition) is 2. The number of hydrogen-bond acceptors (Lipinski definition) is 3. The summed E-state index contributed by atoms with van der Waals surface area (Å²) in [6.45, 7) is -2.31. The Morgan fingerprint density at radius 1 is 1.44 bits per heavy atom. The minimum absolute atomic E-state index is 0.0272. The van der Waals surface area contributed by atoms with Crippen LogP contribution in [0.2, 0.25) is 0 Å². The molecule has 4 nitrogen and oxygen atoms in total. The fourth-order valence-electron chi connectivity index (χ4n) is 2.07. The SMILES string of the molecule is Nc1ccc(C2CCNC(=O)C2)cc1OC(F)F. The average molecular weight is 256 g/mol. The number of anilines is 1. The molecular weight excluding hydrogens is 242 g/mol. The minimum atomic E-state index is -2.91. The summed E-state index contributed by atoms with van der Waals surface area (Å²) in [5.74, 6) is -0.0349. The van der Waals surface area contributed by atoms with Crippen molar-refractivity contribution < 1.29 is 18.3 Å². The standard InChI is InChI=1S/C12H14F2N2O2/c13-12(14)18-10-5-7(1-2-9(10)15)8-3-4-16-11(17)6-8/h1-2,5,8,12H,3-4,6,15H2,(H,16,17). The number of halogens is 2. The van der Waals surface area contributed by atoms with E-state index in [4.69, 9.17) is 5.73 Å². The lowest BCUT2D eigenvalue weighted by atomic mass is 9.89. The summed E-state index contributed by atoms with van der Waals surface area (Å²) >= 11 is 0. The van der Waals surface area contributed by atoms with E-state index in [9.17, 15) is 13.6 Å². The van der Waals surface area contributed by atoms with Gasteiger partial charge >= 0.3 is 6.61 Å². The van der Waals surface area contributed by atoms with E-state index in [0.717, 1.165) is 12.0 Å². The molecule has 1 aliphatic rings. The number of rotatable bonds is 3. The van der Waals surface area contributed by atoms with Gasteiger partial charge in [-0.1, -0.05) is 6.07 Å². The van der Waals surface area contributed by atoms with Crippen molar-refractivity contribution in [1.29, 1.82) is 0 Å². The third-order valence-electron chi connectivity index (χ3n) is 2.97. The smallest absolute Gasteiger partial charge is 0.387 e. The fourth-order valence-corrected chi connectivity index (χ4v) is 2.07. The van der Waals surface area contributed by atoms with Gasteiger partial charge in [0.1, 0.15) is 5.75 Å². The normalized spacial score (nSPS) is 19.7. The van der Waals surface area contributed by atoms with Gasteiger partial charge in [0, 0.05) is 13.0 Å². The van der Waals surface area contributed by atoms with Crippen LogP contribution in [-0.2, 0) is 4.79 Å². The minimum Gasteiger partial charge on any atom is -0.433 e. The van der Waals surface area contributed by atoms with Crippen LogP contribution in [0, 0.1) is 0 Å². The highest BCUT2D eigenvalue weighted by molar-refractivity contribution is 5.77. The molecule has 3 N–H and O–H groups in total. The Morgan fingerprint density at radius 3 is 2.89 bits per heavy atom. The first-order valence-electron chi connectivity index (χ1n) is 5.67. The third kappa shape index (κ3) is 2.88. The maximum Gasteiger partial charge on any atom is 0.387 e. The van der Waals surface area contributed by atoms with E-state index in [1.54, 1.807) is 6.07 Å². The molecule has 1 saturated heterocycles. The van der Waals surface area contributed by atoms with Gasteiger partial charge < -0.3 is 15.8 Å². The first kappa shape index (κ1) is 12.6. The lowest BCUT2D eigenvalue weighted by molar-refractivity contribution is -0.122. The molecule has 0 bridgehead atoms. The van der Waals surface area contributed by atoms with Crippen molar-refractivity contribution in [3.8, 4) is 5.75 Å². The van der Waals surface area contributed by atoms with Crippen molar-refractivity contribution in [2.75, 3.05) is 12.3 Å². The second-order valence-electron chi connectivity index (χ2n) is 4.22. The van der Waals surface area contributed by atoms with Crippen molar-refractivity contribution in [1.82, 2.24) is 5.32 Å². The predicted octanol–water partition coefficient (Wildman–Crippen LogP) is 1.86. The Morgan fingerprint density at radius 2 is 2.22 bits per heavy atom. The quantitative estimate of drug-likeness (QED) is 0.811. The molecule has 18 heavy (non-hydrogen) atoms. The number of alkyl halides is 2. The van der Waals surface area contributed by atoms with Gasteiger partial charge in [-0.3, -0.25) is 4.79 Å². The molecule has 0 aliphatic carbocycles. The van der Waals surface area contributed by atoms with E-state index in [2.05, 4.69) is 10.1 Å². The molecule has 2 rings (SSSR count). The zero-order valence-electron chi connectivity index (χ0n) is 9.66. The molecule has 1 aliphatic heterocycles. The number of amides is 1. The lowest BCUT2D eigenvalue weighted by Gasteiger charge is -2.23. The highest BCUT2D eigenvalue weighted by atomic mass is 19.3. The van der Waals surface area contributed by atoms with Crippen LogP contribution >= 0.6 is 0 Å². The van der Waals surface area contributed by atoms with Crippen molar-refractivity contribution in [3.63, 3.8) is 0 Å². The van der Waals surface area contributed by atoms with Gasteiger partial charge in [-0.05, 0) is 30.0 Å². The van der Waals surface area contributed by atoms with Crippen LogP contribution in [0.25, 0.3) is 0 Å². The van der Waals surface area contributed by atoms with Crippen molar-refractivity contribution in [2.24, 2.45) is 0 Å². The van der Waals surface area contributed by atoms with Crippen molar-refractivity contribution >= 4 is 11.6 Å². The number of carbonyl (C=O) groups is 1. The summed E-state index contributed by atoms with van der Waals surface area (Å²) < 4.78 is 28.7. The predicted molar refractivity (Wildman–Crippen MR) is 62.5 cm³/mol. The number of benzene rings is 1. The van der Waals surface area contributed by atoms with Gasteiger partial charge in [0.15, 0.2) is 0 Å². The van der Waals surface area contributed by atoms with Crippen LogP contribution in [0.15, 0.2) is 18.2 Å². The Kier molecular flexibility index (Phi) is 3.64. The molecule has 0 aromatic heterocycles.